The minimum Gasteiger partial charge on any atom is -0.326 e. The smallest absolute Gasteiger partial charge is 0.259 e. The molecule has 4 rings (SSSR count). The van der Waals surface area contributed by atoms with Crippen molar-refractivity contribution in [2.24, 2.45) is 0 Å². The number of H-pyrrole nitrogens is 1. The first-order valence-corrected chi connectivity index (χ1v) is 10.7. The van der Waals surface area contributed by atoms with Crippen molar-refractivity contribution in [3.8, 4) is 0 Å². The molecule has 27 heavy (non-hydrogen) atoms. The summed E-state index contributed by atoms with van der Waals surface area (Å²) >= 11 is 3.18. The van der Waals surface area contributed by atoms with Crippen molar-refractivity contribution in [2.75, 3.05) is 11.1 Å². The molecule has 0 aliphatic heterocycles. The number of carbonyl (C=O) groups excluding carboxylic acids is 1. The molecule has 0 saturated heterocycles. The van der Waals surface area contributed by atoms with Gasteiger partial charge < -0.3 is 10.3 Å². The van der Waals surface area contributed by atoms with Gasteiger partial charge in [0, 0.05) is 22.7 Å². The number of thiophene rings is 1. The number of thioether (sulfide) groups is 1. The van der Waals surface area contributed by atoms with Gasteiger partial charge in [-0.25, -0.2) is 9.37 Å². The van der Waals surface area contributed by atoms with E-state index in [2.05, 4.69) is 15.3 Å². The van der Waals surface area contributed by atoms with Crippen LogP contribution >= 0.6 is 23.1 Å². The first-order chi connectivity index (χ1) is 13.1. The monoisotopic (exact) mass is 403 g/mol. The maximum Gasteiger partial charge on any atom is 0.259 e. The number of aromatic amines is 1. The number of halogens is 1. The SMILES string of the molecule is O=C(CCSCc1nc2sc3c(c2c(=O)[nH]1)CCC3)Nc1ccc(F)cc1. The predicted molar refractivity (Wildman–Crippen MR) is 108 cm³/mol. The van der Waals surface area contributed by atoms with Crippen LogP contribution in [0.3, 0.4) is 0 Å². The number of rotatable bonds is 6. The molecule has 5 nitrogen and oxygen atoms in total. The van der Waals surface area contributed by atoms with Crippen molar-refractivity contribution in [3.05, 3.63) is 56.7 Å². The molecule has 0 bridgehead atoms. The normalized spacial score (nSPS) is 13.1. The predicted octanol–water partition coefficient (Wildman–Crippen LogP) is 3.87. The van der Waals surface area contributed by atoms with Crippen LogP contribution in [0, 0.1) is 5.82 Å². The lowest BCUT2D eigenvalue weighted by atomic mass is 10.2. The largest absolute Gasteiger partial charge is 0.326 e. The topological polar surface area (TPSA) is 74.8 Å². The molecule has 2 N–H and O–H groups in total. The van der Waals surface area contributed by atoms with Gasteiger partial charge in [-0.3, -0.25) is 9.59 Å². The quantitative estimate of drug-likeness (QED) is 0.613. The van der Waals surface area contributed by atoms with E-state index in [1.165, 1.54) is 34.7 Å². The van der Waals surface area contributed by atoms with E-state index >= 15 is 0 Å². The van der Waals surface area contributed by atoms with Crippen molar-refractivity contribution in [3.63, 3.8) is 0 Å². The molecule has 0 spiro atoms. The van der Waals surface area contributed by atoms with Gasteiger partial charge in [-0.15, -0.1) is 11.3 Å². The summed E-state index contributed by atoms with van der Waals surface area (Å²) in [7, 11) is 0. The van der Waals surface area contributed by atoms with Gasteiger partial charge >= 0.3 is 0 Å². The van der Waals surface area contributed by atoms with E-state index in [0.717, 1.165) is 29.5 Å². The lowest BCUT2D eigenvalue weighted by Gasteiger charge is -2.05. The molecule has 2 heterocycles. The van der Waals surface area contributed by atoms with Crippen LogP contribution in [0.15, 0.2) is 29.1 Å². The third-order valence-corrected chi connectivity index (χ3v) is 6.62. The first kappa shape index (κ1) is 18.2. The highest BCUT2D eigenvalue weighted by Crippen LogP contribution is 2.34. The number of aryl methyl sites for hydroxylation is 2. The van der Waals surface area contributed by atoms with E-state index < -0.39 is 0 Å². The van der Waals surface area contributed by atoms with Gasteiger partial charge in [-0.2, -0.15) is 11.8 Å². The van der Waals surface area contributed by atoms with Gasteiger partial charge in [0.25, 0.3) is 5.56 Å². The molecule has 2 aromatic heterocycles. The zero-order valence-electron chi connectivity index (χ0n) is 14.5. The highest BCUT2D eigenvalue weighted by molar-refractivity contribution is 7.98. The molecular formula is C19H18FN3O2S2. The summed E-state index contributed by atoms with van der Waals surface area (Å²) < 4.78 is 12.9. The number of hydrogen-bond acceptors (Lipinski definition) is 5. The molecule has 3 aromatic rings. The number of carbonyl (C=O) groups is 1. The molecule has 1 aliphatic carbocycles. The molecule has 0 radical (unpaired) electrons. The Morgan fingerprint density at radius 3 is 2.93 bits per heavy atom. The lowest BCUT2D eigenvalue weighted by molar-refractivity contribution is -0.115. The third-order valence-electron chi connectivity index (χ3n) is 4.46. The number of fused-ring (bicyclic) bond motifs is 3. The Kier molecular flexibility index (Phi) is 5.27. The fourth-order valence-electron chi connectivity index (χ4n) is 3.21. The fraction of sp³-hybridized carbons (Fsp3) is 0.316. The van der Waals surface area contributed by atoms with Gasteiger partial charge in [-0.05, 0) is 49.1 Å². The maximum atomic E-state index is 12.9. The van der Waals surface area contributed by atoms with Crippen LogP contribution in [-0.4, -0.2) is 21.6 Å². The zero-order chi connectivity index (χ0) is 18.8. The molecule has 0 unspecified atom stereocenters. The Balaban J connectivity index is 1.31. The van der Waals surface area contributed by atoms with Crippen molar-refractivity contribution in [2.45, 2.75) is 31.4 Å². The second kappa shape index (κ2) is 7.82. The number of amides is 1. The Labute approximate surface area is 163 Å². The summed E-state index contributed by atoms with van der Waals surface area (Å²) in [4.78, 5) is 33.9. The van der Waals surface area contributed by atoms with E-state index in [4.69, 9.17) is 0 Å². The zero-order valence-corrected chi connectivity index (χ0v) is 16.1. The van der Waals surface area contributed by atoms with Gasteiger partial charge in [0.15, 0.2) is 0 Å². The molecule has 140 valence electrons. The van der Waals surface area contributed by atoms with Gasteiger partial charge in [0.2, 0.25) is 5.91 Å². The van der Waals surface area contributed by atoms with Crippen molar-refractivity contribution >= 4 is 44.9 Å². The molecule has 8 heteroatoms. The summed E-state index contributed by atoms with van der Waals surface area (Å²) in [6.07, 6.45) is 3.47. The Hall–Kier alpha value is -2.19. The second-order valence-electron chi connectivity index (χ2n) is 6.41. The van der Waals surface area contributed by atoms with Crippen LogP contribution in [0.2, 0.25) is 0 Å². The van der Waals surface area contributed by atoms with Crippen LogP contribution in [0.1, 0.15) is 29.1 Å². The molecule has 0 saturated carbocycles. The fourth-order valence-corrected chi connectivity index (χ4v) is 5.29. The standard InChI is InChI=1S/C19H18FN3O2S2/c20-11-4-6-12(7-5-11)21-16(24)8-9-26-10-15-22-18(25)17-13-2-1-3-14(13)27-19(17)23-15/h4-7H,1-3,8-10H2,(H,21,24)(H,22,23,25). The van der Waals surface area contributed by atoms with Crippen molar-refractivity contribution in [1.29, 1.82) is 0 Å². The first-order valence-electron chi connectivity index (χ1n) is 8.77. The van der Waals surface area contributed by atoms with Crippen LogP contribution < -0.4 is 10.9 Å². The summed E-state index contributed by atoms with van der Waals surface area (Å²) in [6, 6.07) is 5.68. The number of benzene rings is 1. The highest BCUT2D eigenvalue weighted by atomic mass is 32.2. The lowest BCUT2D eigenvalue weighted by Crippen LogP contribution is -2.13. The molecular weight excluding hydrogens is 385 g/mol. The van der Waals surface area contributed by atoms with Gasteiger partial charge in [-0.1, -0.05) is 0 Å². The molecule has 1 aliphatic rings. The van der Waals surface area contributed by atoms with E-state index in [9.17, 15) is 14.0 Å². The second-order valence-corrected chi connectivity index (χ2v) is 8.60. The van der Waals surface area contributed by atoms with Crippen molar-refractivity contribution < 1.29 is 9.18 Å². The average molecular weight is 404 g/mol. The van der Waals surface area contributed by atoms with E-state index in [-0.39, 0.29) is 17.3 Å². The Bertz CT molecular complexity index is 1040. The van der Waals surface area contributed by atoms with Crippen LogP contribution in [-0.2, 0) is 23.4 Å². The molecule has 1 aromatic carbocycles. The number of nitrogens with zero attached hydrogens (tertiary/aromatic N) is 1. The number of anilines is 1. The van der Waals surface area contributed by atoms with E-state index in [0.29, 0.717) is 29.4 Å². The molecule has 0 atom stereocenters. The minimum atomic E-state index is -0.335. The Morgan fingerprint density at radius 2 is 2.11 bits per heavy atom. The average Bonchev–Trinajstić information content (AvgIpc) is 3.21. The molecule has 1 amide bonds. The van der Waals surface area contributed by atoms with Crippen LogP contribution in [0.25, 0.3) is 10.2 Å². The summed E-state index contributed by atoms with van der Waals surface area (Å²) in [5.74, 6) is 1.35. The summed E-state index contributed by atoms with van der Waals surface area (Å²) in [5.41, 5.74) is 1.71. The maximum absolute atomic E-state index is 12.9. The van der Waals surface area contributed by atoms with Gasteiger partial charge in [0.05, 0.1) is 11.1 Å². The van der Waals surface area contributed by atoms with Crippen LogP contribution in [0.5, 0.6) is 0 Å². The molecule has 0 fully saturated rings. The number of hydrogen-bond donors (Lipinski definition) is 2. The summed E-state index contributed by atoms with van der Waals surface area (Å²) in [5, 5.41) is 3.50. The summed E-state index contributed by atoms with van der Waals surface area (Å²) in [6.45, 7) is 0. The Morgan fingerprint density at radius 1 is 1.30 bits per heavy atom. The minimum absolute atomic E-state index is 0.0518. The third kappa shape index (κ3) is 4.06. The number of aromatic nitrogens is 2. The van der Waals surface area contributed by atoms with Crippen LogP contribution in [0.4, 0.5) is 10.1 Å². The van der Waals surface area contributed by atoms with E-state index in [1.54, 1.807) is 23.1 Å². The van der Waals surface area contributed by atoms with E-state index in [1.807, 2.05) is 0 Å². The highest BCUT2D eigenvalue weighted by Gasteiger charge is 2.21. The number of nitrogens with one attached hydrogen (secondary N) is 2. The van der Waals surface area contributed by atoms with Gasteiger partial charge in [0.1, 0.15) is 16.5 Å². The van der Waals surface area contributed by atoms with Crippen molar-refractivity contribution in [1.82, 2.24) is 9.97 Å².